The zero-order chi connectivity index (χ0) is 10.7. The molecule has 86 valence electrons. The van der Waals surface area contributed by atoms with E-state index < -0.39 is 0 Å². The third kappa shape index (κ3) is 4.66. The Morgan fingerprint density at radius 3 is 2.53 bits per heavy atom. The molecular weight excluding hydrogens is 327 g/mol. The summed E-state index contributed by atoms with van der Waals surface area (Å²) in [6, 6.07) is 4.87. The Balaban J connectivity index is 0.00000196. The maximum Gasteiger partial charge on any atom is 0.128 e. The van der Waals surface area contributed by atoms with E-state index in [1.165, 1.54) is 6.07 Å². The zero-order valence-corrected chi connectivity index (χ0v) is 11.8. The smallest absolute Gasteiger partial charge is 0.128 e. The molecule has 0 radical (unpaired) electrons. The lowest BCUT2D eigenvalue weighted by Crippen LogP contribution is -2.14. The highest BCUT2D eigenvalue weighted by atomic mass is 127. The molecule has 0 saturated heterocycles. The molecule has 2 N–H and O–H groups in total. The number of rotatable bonds is 3. The molecule has 0 bridgehead atoms. The fraction of sp³-hybridized carbons (Fsp3) is 0.455. The van der Waals surface area contributed by atoms with Crippen LogP contribution in [0.3, 0.4) is 0 Å². The van der Waals surface area contributed by atoms with Gasteiger partial charge in [-0.1, -0.05) is 13.8 Å². The predicted molar refractivity (Wildman–Crippen MR) is 72.7 cm³/mol. The molecule has 15 heavy (non-hydrogen) atoms. The number of hydrogen-bond acceptors (Lipinski definition) is 1. The SMILES string of the molecule is CC(C)C[C@@H](N)c1cc(I)ccc1F.Cl. The van der Waals surface area contributed by atoms with Gasteiger partial charge >= 0.3 is 0 Å². The summed E-state index contributed by atoms with van der Waals surface area (Å²) in [6.45, 7) is 4.18. The predicted octanol–water partition coefficient (Wildman–Crippen LogP) is 3.90. The van der Waals surface area contributed by atoms with Crippen LogP contribution in [0.15, 0.2) is 18.2 Å². The second-order valence-electron chi connectivity index (χ2n) is 3.90. The number of benzene rings is 1. The van der Waals surface area contributed by atoms with Gasteiger partial charge in [0.15, 0.2) is 0 Å². The summed E-state index contributed by atoms with van der Waals surface area (Å²) < 4.78 is 14.4. The molecule has 1 nitrogen and oxygen atoms in total. The fourth-order valence-electron chi connectivity index (χ4n) is 1.43. The molecule has 0 aliphatic carbocycles. The highest BCUT2D eigenvalue weighted by molar-refractivity contribution is 14.1. The van der Waals surface area contributed by atoms with Crippen molar-refractivity contribution in [3.63, 3.8) is 0 Å². The summed E-state index contributed by atoms with van der Waals surface area (Å²) in [4.78, 5) is 0. The molecule has 0 heterocycles. The molecule has 1 aromatic carbocycles. The molecule has 0 aliphatic heterocycles. The summed E-state index contributed by atoms with van der Waals surface area (Å²) in [5, 5.41) is 0. The second-order valence-corrected chi connectivity index (χ2v) is 5.15. The van der Waals surface area contributed by atoms with E-state index >= 15 is 0 Å². The van der Waals surface area contributed by atoms with E-state index in [4.69, 9.17) is 5.73 Å². The van der Waals surface area contributed by atoms with Crippen LogP contribution >= 0.6 is 35.0 Å². The maximum absolute atomic E-state index is 13.4. The van der Waals surface area contributed by atoms with Crippen molar-refractivity contribution in [1.29, 1.82) is 0 Å². The molecule has 4 heteroatoms. The van der Waals surface area contributed by atoms with Gasteiger partial charge in [-0.25, -0.2) is 4.39 Å². The van der Waals surface area contributed by atoms with Gasteiger partial charge in [-0.15, -0.1) is 12.4 Å². The number of halogens is 3. The lowest BCUT2D eigenvalue weighted by atomic mass is 9.97. The Morgan fingerprint density at radius 2 is 2.00 bits per heavy atom. The Bertz CT molecular complexity index is 317. The second kappa shape index (κ2) is 6.66. The molecule has 0 aliphatic rings. The summed E-state index contributed by atoms with van der Waals surface area (Å²) in [5.74, 6) is 0.292. The minimum absolute atomic E-state index is 0. The normalized spacial score (nSPS) is 12.4. The molecule has 0 aromatic heterocycles. The van der Waals surface area contributed by atoms with E-state index in [2.05, 4.69) is 36.4 Å². The van der Waals surface area contributed by atoms with E-state index in [-0.39, 0.29) is 24.3 Å². The van der Waals surface area contributed by atoms with Gasteiger partial charge in [0.1, 0.15) is 5.82 Å². The minimum atomic E-state index is -0.196. The average Bonchev–Trinajstić information content (AvgIpc) is 2.08. The van der Waals surface area contributed by atoms with Crippen LogP contribution in [0.2, 0.25) is 0 Å². The van der Waals surface area contributed by atoms with Gasteiger partial charge in [-0.05, 0) is 53.1 Å². The molecule has 0 unspecified atom stereocenters. The van der Waals surface area contributed by atoms with Crippen LogP contribution in [0.4, 0.5) is 4.39 Å². The highest BCUT2D eigenvalue weighted by Gasteiger charge is 2.12. The molecule has 0 fully saturated rings. The quantitative estimate of drug-likeness (QED) is 0.828. The standard InChI is InChI=1S/C11H15FIN.ClH/c1-7(2)5-11(14)9-6-8(13)3-4-10(9)12;/h3-4,6-7,11H,5,14H2,1-2H3;1H/t11-;/m1./s1. The van der Waals surface area contributed by atoms with E-state index in [1.54, 1.807) is 6.07 Å². The minimum Gasteiger partial charge on any atom is -0.324 e. The van der Waals surface area contributed by atoms with Crippen molar-refractivity contribution < 1.29 is 4.39 Å². The molecular formula is C11H16ClFIN. The van der Waals surface area contributed by atoms with Crippen LogP contribution in [-0.4, -0.2) is 0 Å². The third-order valence-electron chi connectivity index (χ3n) is 2.08. The number of nitrogens with two attached hydrogens (primary N) is 1. The number of hydrogen-bond donors (Lipinski definition) is 1. The first-order chi connectivity index (χ1) is 6.50. The van der Waals surface area contributed by atoms with E-state index in [1.807, 2.05) is 6.07 Å². The molecule has 1 rings (SSSR count). The Hall–Kier alpha value is 0.130. The van der Waals surface area contributed by atoms with Crippen molar-refractivity contribution in [2.24, 2.45) is 11.7 Å². The van der Waals surface area contributed by atoms with Gasteiger partial charge in [0.05, 0.1) is 0 Å². The first-order valence-corrected chi connectivity index (χ1v) is 5.79. The molecule has 0 amide bonds. The van der Waals surface area contributed by atoms with Crippen molar-refractivity contribution in [3.05, 3.63) is 33.1 Å². The highest BCUT2D eigenvalue weighted by Crippen LogP contribution is 2.23. The van der Waals surface area contributed by atoms with E-state index in [9.17, 15) is 4.39 Å². The largest absolute Gasteiger partial charge is 0.324 e. The first kappa shape index (κ1) is 15.1. The van der Waals surface area contributed by atoms with Crippen molar-refractivity contribution in [1.82, 2.24) is 0 Å². The van der Waals surface area contributed by atoms with Crippen LogP contribution < -0.4 is 5.73 Å². The van der Waals surface area contributed by atoms with Crippen molar-refractivity contribution >= 4 is 35.0 Å². The summed E-state index contributed by atoms with van der Waals surface area (Å²) in [6.07, 6.45) is 0.816. The van der Waals surface area contributed by atoms with Crippen LogP contribution in [0.5, 0.6) is 0 Å². The summed E-state index contributed by atoms with van der Waals surface area (Å²) in [5.41, 5.74) is 6.55. The van der Waals surface area contributed by atoms with Gasteiger partial charge in [-0.3, -0.25) is 0 Å². The van der Waals surface area contributed by atoms with Crippen LogP contribution in [0, 0.1) is 15.3 Å². The molecule has 1 atom stereocenters. The van der Waals surface area contributed by atoms with Crippen molar-refractivity contribution in [2.75, 3.05) is 0 Å². The van der Waals surface area contributed by atoms with Crippen molar-refractivity contribution in [3.8, 4) is 0 Å². The van der Waals surface area contributed by atoms with Crippen LogP contribution in [-0.2, 0) is 0 Å². The summed E-state index contributed by atoms with van der Waals surface area (Å²) >= 11 is 2.17. The van der Waals surface area contributed by atoms with Gasteiger partial charge in [0, 0.05) is 15.2 Å². The molecule has 0 spiro atoms. The van der Waals surface area contributed by atoms with Crippen LogP contribution in [0.1, 0.15) is 31.9 Å². The topological polar surface area (TPSA) is 26.0 Å². The molecule has 1 aromatic rings. The van der Waals surface area contributed by atoms with Crippen molar-refractivity contribution in [2.45, 2.75) is 26.3 Å². The average molecular weight is 344 g/mol. The van der Waals surface area contributed by atoms with Crippen LogP contribution in [0.25, 0.3) is 0 Å². The van der Waals surface area contributed by atoms with Gasteiger partial charge in [0.2, 0.25) is 0 Å². The van der Waals surface area contributed by atoms with E-state index in [0.717, 1.165) is 9.99 Å². The Morgan fingerprint density at radius 1 is 1.40 bits per heavy atom. The Kier molecular flexibility index (Phi) is 6.71. The summed E-state index contributed by atoms with van der Waals surface area (Å²) in [7, 11) is 0. The van der Waals surface area contributed by atoms with Gasteiger partial charge in [0.25, 0.3) is 0 Å². The van der Waals surface area contributed by atoms with Gasteiger partial charge in [-0.2, -0.15) is 0 Å². The zero-order valence-electron chi connectivity index (χ0n) is 8.84. The Labute approximate surface area is 110 Å². The lowest BCUT2D eigenvalue weighted by Gasteiger charge is -2.15. The molecule has 0 saturated carbocycles. The first-order valence-electron chi connectivity index (χ1n) is 4.71. The monoisotopic (exact) mass is 343 g/mol. The maximum atomic E-state index is 13.4. The van der Waals surface area contributed by atoms with Gasteiger partial charge < -0.3 is 5.73 Å². The third-order valence-corrected chi connectivity index (χ3v) is 2.75. The lowest BCUT2D eigenvalue weighted by molar-refractivity contribution is 0.488. The van der Waals surface area contributed by atoms with E-state index in [0.29, 0.717) is 11.5 Å². The fourth-order valence-corrected chi connectivity index (χ4v) is 1.95.